The number of amides is 1. The number of nitrogens with one attached hydrogen (secondary N) is 1. The fraction of sp³-hybridized carbons (Fsp3) is 0.167. The summed E-state index contributed by atoms with van der Waals surface area (Å²) < 4.78 is 57.9. The Balaban J connectivity index is 1.67. The Morgan fingerprint density at radius 2 is 1.93 bits per heavy atom. The van der Waals surface area contributed by atoms with E-state index in [1.54, 1.807) is 6.07 Å². The van der Waals surface area contributed by atoms with Crippen molar-refractivity contribution in [1.82, 2.24) is 9.97 Å². The first-order valence-electron chi connectivity index (χ1n) is 8.00. The van der Waals surface area contributed by atoms with E-state index in [0.29, 0.717) is 0 Å². The highest BCUT2D eigenvalue weighted by Gasteiger charge is 2.34. The zero-order valence-corrected chi connectivity index (χ0v) is 15.0. The van der Waals surface area contributed by atoms with E-state index >= 15 is 0 Å². The van der Waals surface area contributed by atoms with Crippen LogP contribution in [0.3, 0.4) is 0 Å². The van der Waals surface area contributed by atoms with Crippen LogP contribution in [0.2, 0.25) is 0 Å². The van der Waals surface area contributed by atoms with E-state index in [2.05, 4.69) is 15.3 Å². The van der Waals surface area contributed by atoms with Crippen LogP contribution in [-0.2, 0) is 11.0 Å². The molecule has 0 saturated carbocycles. The van der Waals surface area contributed by atoms with Crippen molar-refractivity contribution in [2.24, 2.45) is 0 Å². The van der Waals surface area contributed by atoms with Gasteiger partial charge in [0.2, 0.25) is 5.91 Å². The van der Waals surface area contributed by atoms with Crippen molar-refractivity contribution >= 4 is 23.4 Å². The lowest BCUT2D eigenvalue weighted by molar-refractivity contribution is -0.141. The first-order valence-corrected chi connectivity index (χ1v) is 8.99. The maximum atomic E-state index is 13.5. The van der Waals surface area contributed by atoms with Gasteiger partial charge in [0.05, 0.1) is 12.0 Å². The topological polar surface area (TPSA) is 68.0 Å². The number of halogens is 4. The summed E-state index contributed by atoms with van der Waals surface area (Å²) in [6.07, 6.45) is -3.39. The van der Waals surface area contributed by atoms with Crippen LogP contribution in [0, 0.1) is 5.82 Å². The summed E-state index contributed by atoms with van der Waals surface area (Å²) in [5, 5.41) is 2.26. The average Bonchev–Trinajstić information content (AvgIpc) is 3.17. The normalized spacial score (nSPS) is 11.4. The van der Waals surface area contributed by atoms with E-state index in [1.165, 1.54) is 36.6 Å². The van der Waals surface area contributed by atoms with Crippen molar-refractivity contribution in [1.29, 1.82) is 0 Å². The van der Waals surface area contributed by atoms with Crippen LogP contribution in [-0.4, -0.2) is 21.6 Å². The molecule has 0 atom stereocenters. The SMILES string of the molecule is O=C(CCSc1nc(-c2ccco2)cc(C(F)(F)F)n1)Nc1ccccc1F. The van der Waals surface area contributed by atoms with E-state index in [1.807, 2.05) is 0 Å². The highest BCUT2D eigenvalue weighted by molar-refractivity contribution is 7.99. The molecule has 0 spiro atoms. The summed E-state index contributed by atoms with van der Waals surface area (Å²) >= 11 is 0.887. The molecule has 1 amide bonds. The maximum Gasteiger partial charge on any atom is 0.433 e. The van der Waals surface area contributed by atoms with Crippen molar-refractivity contribution < 1.29 is 26.8 Å². The summed E-state index contributed by atoms with van der Waals surface area (Å²) in [6, 6.07) is 9.49. The van der Waals surface area contributed by atoms with Gasteiger partial charge in [-0.3, -0.25) is 4.79 Å². The zero-order chi connectivity index (χ0) is 20.1. The van der Waals surface area contributed by atoms with Gasteiger partial charge in [0.25, 0.3) is 0 Å². The fourth-order valence-corrected chi connectivity index (χ4v) is 2.99. The predicted octanol–water partition coefficient (Wildman–Crippen LogP) is 5.02. The van der Waals surface area contributed by atoms with Crippen molar-refractivity contribution in [2.75, 3.05) is 11.1 Å². The number of aromatic nitrogens is 2. The number of nitrogens with zero attached hydrogens (tertiary/aromatic N) is 2. The second kappa shape index (κ2) is 8.42. The number of carbonyl (C=O) groups is 1. The molecule has 0 aliphatic carbocycles. The molecule has 3 aromatic rings. The van der Waals surface area contributed by atoms with Crippen LogP contribution in [0.15, 0.2) is 58.3 Å². The molecule has 28 heavy (non-hydrogen) atoms. The summed E-state index contributed by atoms with van der Waals surface area (Å²) in [5.41, 5.74) is -1.08. The number of hydrogen-bond donors (Lipinski definition) is 1. The smallest absolute Gasteiger partial charge is 0.433 e. The van der Waals surface area contributed by atoms with Gasteiger partial charge in [-0.1, -0.05) is 23.9 Å². The highest BCUT2D eigenvalue weighted by Crippen LogP contribution is 2.32. The molecule has 0 unspecified atom stereocenters. The molecule has 10 heteroatoms. The minimum absolute atomic E-state index is 0.00867. The average molecular weight is 411 g/mol. The monoisotopic (exact) mass is 411 g/mol. The summed E-state index contributed by atoms with van der Waals surface area (Å²) in [5.74, 6) is -0.769. The molecule has 0 aliphatic rings. The van der Waals surface area contributed by atoms with E-state index in [4.69, 9.17) is 4.42 Å². The van der Waals surface area contributed by atoms with Gasteiger partial charge in [-0.05, 0) is 30.3 Å². The molecule has 0 radical (unpaired) electrons. The number of carbonyl (C=O) groups excluding carboxylic acids is 1. The highest BCUT2D eigenvalue weighted by atomic mass is 32.2. The Kier molecular flexibility index (Phi) is 5.98. The summed E-state index contributed by atoms with van der Waals surface area (Å²) in [6.45, 7) is 0. The van der Waals surface area contributed by atoms with Crippen molar-refractivity contribution in [2.45, 2.75) is 17.8 Å². The van der Waals surface area contributed by atoms with Crippen molar-refractivity contribution in [3.8, 4) is 11.5 Å². The number of para-hydroxylation sites is 1. The molecule has 3 rings (SSSR count). The largest absolute Gasteiger partial charge is 0.463 e. The van der Waals surface area contributed by atoms with Crippen LogP contribution >= 0.6 is 11.8 Å². The Hall–Kier alpha value is -2.88. The second-order valence-corrected chi connectivity index (χ2v) is 6.58. The quantitative estimate of drug-likeness (QED) is 0.351. The zero-order valence-electron chi connectivity index (χ0n) is 14.2. The minimum Gasteiger partial charge on any atom is -0.463 e. The van der Waals surface area contributed by atoms with Gasteiger partial charge in [-0.2, -0.15) is 13.2 Å². The fourth-order valence-electron chi connectivity index (χ4n) is 2.20. The molecular weight excluding hydrogens is 398 g/mol. The van der Waals surface area contributed by atoms with E-state index in [-0.39, 0.29) is 34.5 Å². The number of benzene rings is 1. The molecule has 0 bridgehead atoms. The van der Waals surface area contributed by atoms with E-state index < -0.39 is 23.6 Å². The molecular formula is C18H13F4N3O2S. The Labute approximate surface area is 161 Å². The molecule has 146 valence electrons. The van der Waals surface area contributed by atoms with E-state index in [9.17, 15) is 22.4 Å². The third kappa shape index (κ3) is 5.10. The predicted molar refractivity (Wildman–Crippen MR) is 95.1 cm³/mol. The van der Waals surface area contributed by atoms with Crippen LogP contribution < -0.4 is 5.32 Å². The first kappa shape index (κ1) is 19.9. The van der Waals surface area contributed by atoms with Gasteiger partial charge < -0.3 is 9.73 Å². The number of alkyl halides is 3. The molecule has 1 aromatic carbocycles. The number of rotatable bonds is 6. The standard InChI is InChI=1S/C18H13F4N3O2S/c19-11-4-1-2-5-12(11)23-16(26)7-9-28-17-24-13(14-6-3-8-27-14)10-15(25-17)18(20,21)22/h1-6,8,10H,7,9H2,(H,23,26). The molecule has 2 heterocycles. The first-order chi connectivity index (χ1) is 13.3. The van der Waals surface area contributed by atoms with Gasteiger partial charge in [0, 0.05) is 12.2 Å². The molecule has 0 aliphatic heterocycles. The van der Waals surface area contributed by atoms with Gasteiger partial charge in [-0.15, -0.1) is 0 Å². The van der Waals surface area contributed by atoms with Crippen LogP contribution in [0.1, 0.15) is 12.1 Å². The lowest BCUT2D eigenvalue weighted by Crippen LogP contribution is -2.13. The summed E-state index contributed by atoms with van der Waals surface area (Å²) in [7, 11) is 0. The molecule has 5 nitrogen and oxygen atoms in total. The lowest BCUT2D eigenvalue weighted by Gasteiger charge is -2.09. The molecule has 0 saturated heterocycles. The van der Waals surface area contributed by atoms with Gasteiger partial charge in [0.1, 0.15) is 17.2 Å². The van der Waals surface area contributed by atoms with Crippen LogP contribution in [0.25, 0.3) is 11.5 Å². The minimum atomic E-state index is -4.65. The summed E-state index contributed by atoms with van der Waals surface area (Å²) in [4.78, 5) is 19.5. The molecule has 1 N–H and O–H groups in total. The molecule has 0 fully saturated rings. The number of furan rings is 1. The Bertz CT molecular complexity index is 962. The van der Waals surface area contributed by atoms with E-state index in [0.717, 1.165) is 17.8 Å². The van der Waals surface area contributed by atoms with Crippen molar-refractivity contribution in [3.63, 3.8) is 0 Å². The third-order valence-corrected chi connectivity index (χ3v) is 4.33. The number of thioether (sulfide) groups is 1. The maximum absolute atomic E-state index is 13.5. The third-order valence-electron chi connectivity index (χ3n) is 3.48. The lowest BCUT2D eigenvalue weighted by atomic mass is 10.2. The number of anilines is 1. The van der Waals surface area contributed by atoms with Crippen LogP contribution in [0.4, 0.5) is 23.2 Å². The van der Waals surface area contributed by atoms with Gasteiger partial charge in [-0.25, -0.2) is 14.4 Å². The molecule has 2 aromatic heterocycles. The van der Waals surface area contributed by atoms with Crippen LogP contribution in [0.5, 0.6) is 0 Å². The Morgan fingerprint density at radius 1 is 1.14 bits per heavy atom. The van der Waals surface area contributed by atoms with Gasteiger partial charge in [0.15, 0.2) is 10.9 Å². The van der Waals surface area contributed by atoms with Crippen molar-refractivity contribution in [3.05, 3.63) is 60.2 Å². The Morgan fingerprint density at radius 3 is 2.61 bits per heavy atom. The second-order valence-electron chi connectivity index (χ2n) is 5.52. The number of hydrogen-bond acceptors (Lipinski definition) is 5. The van der Waals surface area contributed by atoms with Gasteiger partial charge >= 0.3 is 6.18 Å².